The first-order valence-corrected chi connectivity index (χ1v) is 11.8. The van der Waals surface area contributed by atoms with Gasteiger partial charge >= 0.3 is 0 Å². The zero-order chi connectivity index (χ0) is 22.1. The van der Waals surface area contributed by atoms with Crippen molar-refractivity contribution in [2.45, 2.75) is 11.3 Å². The van der Waals surface area contributed by atoms with Crippen LogP contribution in [-0.2, 0) is 16.3 Å². The third kappa shape index (κ3) is 3.90. The van der Waals surface area contributed by atoms with E-state index in [-0.39, 0.29) is 17.1 Å². The first kappa shape index (κ1) is 20.1. The molecule has 4 nitrogen and oxygen atoms in total. The first-order valence-electron chi connectivity index (χ1n) is 10.2. The molecule has 3 aromatic carbocycles. The van der Waals surface area contributed by atoms with Crippen LogP contribution in [0.15, 0.2) is 101 Å². The van der Waals surface area contributed by atoms with Crippen molar-refractivity contribution in [1.82, 2.24) is 4.98 Å². The van der Waals surface area contributed by atoms with Crippen LogP contribution < -0.4 is 0 Å². The fraction of sp³-hybridized carbons (Fsp3) is 0.0370. The molecule has 0 bridgehead atoms. The van der Waals surface area contributed by atoms with E-state index >= 15 is 0 Å². The molecule has 0 amide bonds. The average Bonchev–Trinajstić information content (AvgIpc) is 3.14. The van der Waals surface area contributed by atoms with Crippen molar-refractivity contribution >= 4 is 21.7 Å². The number of Topliss-reactive ketones (excluding diaryl/α,β-unsaturated/α-hetero) is 1. The number of hydrogen-bond acceptors (Lipinski definition) is 4. The van der Waals surface area contributed by atoms with Gasteiger partial charge in [-0.1, -0.05) is 72.8 Å². The van der Waals surface area contributed by atoms with Gasteiger partial charge in [-0.05, 0) is 35.4 Å². The summed E-state index contributed by atoms with van der Waals surface area (Å²) in [6.07, 6.45) is 1.69. The third-order valence-electron chi connectivity index (χ3n) is 5.46. The molecule has 4 aromatic rings. The monoisotopic (exact) mass is 437 g/mol. The Balaban J connectivity index is 1.53. The lowest BCUT2D eigenvalue weighted by Crippen LogP contribution is -2.06. The van der Waals surface area contributed by atoms with Gasteiger partial charge in [-0.25, -0.2) is 13.4 Å². The van der Waals surface area contributed by atoms with Gasteiger partial charge in [0.15, 0.2) is 15.6 Å². The molecule has 0 radical (unpaired) electrons. The predicted molar refractivity (Wildman–Crippen MR) is 126 cm³/mol. The standard InChI is InChI=1S/C27H19NO3S/c29-26(15-19-11-12-22-13-14-32(30,31)27(22)16-19)23-17-24(20-7-3-1-4-8-20)28-25(18-23)21-9-5-2-6-10-21/h1-14,16-18H,15H2. The summed E-state index contributed by atoms with van der Waals surface area (Å²) in [5, 5.41) is 1.20. The fourth-order valence-electron chi connectivity index (χ4n) is 3.80. The van der Waals surface area contributed by atoms with Crippen LogP contribution >= 0.6 is 0 Å². The van der Waals surface area contributed by atoms with Crippen LogP contribution in [0.4, 0.5) is 0 Å². The number of benzene rings is 3. The Morgan fingerprint density at radius 3 is 1.94 bits per heavy atom. The number of pyridine rings is 1. The van der Waals surface area contributed by atoms with Gasteiger partial charge in [-0.15, -0.1) is 0 Å². The lowest BCUT2D eigenvalue weighted by atomic mass is 9.98. The fourth-order valence-corrected chi connectivity index (χ4v) is 5.05. The molecule has 5 rings (SSSR count). The molecular formula is C27H19NO3S. The summed E-state index contributed by atoms with van der Waals surface area (Å²) in [5.41, 5.74) is 5.15. The normalized spacial score (nSPS) is 13.6. The molecule has 0 saturated heterocycles. The van der Waals surface area contributed by atoms with Crippen molar-refractivity contribution in [3.63, 3.8) is 0 Å². The van der Waals surface area contributed by atoms with Gasteiger partial charge in [0.1, 0.15) is 0 Å². The Kier molecular flexibility index (Phi) is 5.04. The van der Waals surface area contributed by atoms with Crippen LogP contribution in [0.25, 0.3) is 28.6 Å². The number of carbonyl (C=O) groups excluding carboxylic acids is 1. The van der Waals surface area contributed by atoms with Crippen LogP contribution in [0.1, 0.15) is 21.5 Å². The first-order chi connectivity index (χ1) is 15.5. The molecule has 2 heterocycles. The highest BCUT2D eigenvalue weighted by Gasteiger charge is 2.21. The van der Waals surface area contributed by atoms with Crippen molar-refractivity contribution in [3.05, 3.63) is 113 Å². The highest BCUT2D eigenvalue weighted by Crippen LogP contribution is 2.29. The smallest absolute Gasteiger partial charge is 0.200 e. The second-order valence-electron chi connectivity index (χ2n) is 7.68. The number of carbonyl (C=O) groups is 1. The number of aromatic nitrogens is 1. The molecule has 1 aliphatic heterocycles. The van der Waals surface area contributed by atoms with E-state index in [1.54, 1.807) is 36.4 Å². The number of hydrogen-bond donors (Lipinski definition) is 0. The molecule has 156 valence electrons. The maximum absolute atomic E-state index is 13.2. The second kappa shape index (κ2) is 8.02. The van der Waals surface area contributed by atoms with Crippen molar-refractivity contribution < 1.29 is 13.2 Å². The molecule has 0 N–H and O–H groups in total. The molecule has 1 aromatic heterocycles. The summed E-state index contributed by atoms with van der Waals surface area (Å²) in [6.45, 7) is 0. The summed E-state index contributed by atoms with van der Waals surface area (Å²) in [4.78, 5) is 18.3. The number of rotatable bonds is 5. The number of ketones is 1. The lowest BCUT2D eigenvalue weighted by Gasteiger charge is -2.10. The number of fused-ring (bicyclic) bond motifs is 1. The third-order valence-corrected chi connectivity index (χ3v) is 6.92. The maximum Gasteiger partial charge on any atom is 0.200 e. The van der Waals surface area contributed by atoms with Gasteiger partial charge in [0.2, 0.25) is 0 Å². The minimum absolute atomic E-state index is 0.0925. The van der Waals surface area contributed by atoms with Gasteiger partial charge in [-0.3, -0.25) is 4.79 Å². The topological polar surface area (TPSA) is 64.1 Å². The summed E-state index contributed by atoms with van der Waals surface area (Å²) in [7, 11) is -3.42. The van der Waals surface area contributed by atoms with E-state index in [0.717, 1.165) is 22.5 Å². The quantitative estimate of drug-likeness (QED) is 0.381. The molecule has 0 fully saturated rings. The van der Waals surface area contributed by atoms with E-state index in [9.17, 15) is 13.2 Å². The molecular weight excluding hydrogens is 418 g/mol. The molecule has 1 aliphatic rings. The van der Waals surface area contributed by atoms with Crippen molar-refractivity contribution in [2.24, 2.45) is 0 Å². The summed E-state index contributed by atoms with van der Waals surface area (Å²) in [6, 6.07) is 28.2. The molecule has 0 atom stereocenters. The van der Waals surface area contributed by atoms with E-state index in [0.29, 0.717) is 16.7 Å². The van der Waals surface area contributed by atoms with Gasteiger partial charge in [0.05, 0.1) is 16.3 Å². The van der Waals surface area contributed by atoms with E-state index in [4.69, 9.17) is 4.98 Å². The molecule has 0 spiro atoms. The van der Waals surface area contributed by atoms with Gasteiger partial charge < -0.3 is 0 Å². The average molecular weight is 438 g/mol. The summed E-state index contributed by atoms with van der Waals surface area (Å²) >= 11 is 0. The Hall–Kier alpha value is -3.83. The number of sulfone groups is 1. The highest BCUT2D eigenvalue weighted by molar-refractivity contribution is 7.94. The minimum Gasteiger partial charge on any atom is -0.294 e. The van der Waals surface area contributed by atoms with Crippen LogP contribution in [0.2, 0.25) is 0 Å². The van der Waals surface area contributed by atoms with E-state index < -0.39 is 9.84 Å². The molecule has 32 heavy (non-hydrogen) atoms. The largest absolute Gasteiger partial charge is 0.294 e. The Bertz CT molecular complexity index is 1400. The van der Waals surface area contributed by atoms with E-state index in [1.165, 1.54) is 5.41 Å². The SMILES string of the molecule is O=C(Cc1ccc2c(c1)S(=O)(=O)C=C2)c1cc(-c2ccccc2)nc(-c2ccccc2)c1. The molecule has 0 saturated carbocycles. The zero-order valence-corrected chi connectivity index (χ0v) is 17.9. The van der Waals surface area contributed by atoms with Crippen LogP contribution in [0.3, 0.4) is 0 Å². The van der Waals surface area contributed by atoms with Crippen LogP contribution in [0, 0.1) is 0 Å². The van der Waals surface area contributed by atoms with Crippen LogP contribution in [-0.4, -0.2) is 19.2 Å². The molecule has 0 unspecified atom stereocenters. The number of nitrogens with zero attached hydrogens (tertiary/aromatic N) is 1. The predicted octanol–water partition coefficient (Wildman–Crippen LogP) is 5.60. The minimum atomic E-state index is -3.42. The van der Waals surface area contributed by atoms with Gasteiger partial charge in [0.25, 0.3) is 0 Å². The van der Waals surface area contributed by atoms with Crippen molar-refractivity contribution in [1.29, 1.82) is 0 Å². The second-order valence-corrected chi connectivity index (χ2v) is 9.48. The molecule has 5 heteroatoms. The highest BCUT2D eigenvalue weighted by atomic mass is 32.2. The van der Waals surface area contributed by atoms with Crippen molar-refractivity contribution in [3.8, 4) is 22.5 Å². The Morgan fingerprint density at radius 2 is 1.34 bits per heavy atom. The van der Waals surface area contributed by atoms with Crippen LogP contribution in [0.5, 0.6) is 0 Å². The van der Waals surface area contributed by atoms with Crippen molar-refractivity contribution in [2.75, 3.05) is 0 Å². The van der Waals surface area contributed by atoms with Gasteiger partial charge in [0, 0.05) is 28.5 Å². The lowest BCUT2D eigenvalue weighted by molar-refractivity contribution is 0.0993. The Morgan fingerprint density at radius 1 is 0.750 bits per heavy atom. The zero-order valence-electron chi connectivity index (χ0n) is 17.1. The maximum atomic E-state index is 13.2. The molecule has 0 aliphatic carbocycles. The van der Waals surface area contributed by atoms with E-state index in [2.05, 4.69) is 0 Å². The van der Waals surface area contributed by atoms with E-state index in [1.807, 2.05) is 60.7 Å². The summed E-state index contributed by atoms with van der Waals surface area (Å²) < 4.78 is 24.4. The van der Waals surface area contributed by atoms with Gasteiger partial charge in [-0.2, -0.15) is 0 Å². The Labute approximate surface area is 186 Å². The summed E-state index contributed by atoms with van der Waals surface area (Å²) in [5.74, 6) is -0.0925.